The normalized spacial score (nSPS) is 42.3. The van der Waals surface area contributed by atoms with Crippen molar-refractivity contribution < 1.29 is 14.4 Å². The summed E-state index contributed by atoms with van der Waals surface area (Å²) in [5, 5.41) is 0. The summed E-state index contributed by atoms with van der Waals surface area (Å²) in [6.07, 6.45) is 8.89. The molecule has 0 aromatic heterocycles. The van der Waals surface area contributed by atoms with Gasteiger partial charge < -0.3 is 9.64 Å². The van der Waals surface area contributed by atoms with Crippen molar-refractivity contribution >= 4 is 5.97 Å². The molecule has 122 valence electrons. The number of hydrogen-bond donors (Lipinski definition) is 1. The number of fused-ring (bicyclic) bond motifs is 2. The van der Waals surface area contributed by atoms with E-state index in [2.05, 4.69) is 13.8 Å². The Balaban J connectivity index is 1.56. The highest BCUT2D eigenvalue weighted by Crippen LogP contribution is 2.54. The van der Waals surface area contributed by atoms with Crippen LogP contribution in [0.2, 0.25) is 0 Å². The Labute approximate surface area is 134 Å². The number of nitrogens with one attached hydrogen (secondary N) is 1. The monoisotopic (exact) mass is 304 g/mol. The Morgan fingerprint density at radius 1 is 1.27 bits per heavy atom. The molecule has 2 heterocycles. The molecule has 4 atom stereocenters. The minimum Gasteiger partial charge on any atom is -0.462 e. The van der Waals surface area contributed by atoms with E-state index < -0.39 is 0 Å². The summed E-state index contributed by atoms with van der Waals surface area (Å²) in [6, 6.07) is 0. The lowest BCUT2D eigenvalue weighted by Crippen LogP contribution is -3.10. The van der Waals surface area contributed by atoms with Crippen LogP contribution >= 0.6 is 0 Å². The van der Waals surface area contributed by atoms with Crippen molar-refractivity contribution in [1.82, 2.24) is 0 Å². The van der Waals surface area contributed by atoms with E-state index in [-0.39, 0.29) is 18.0 Å². The third-order valence-corrected chi connectivity index (χ3v) is 7.00. The Bertz CT molecular complexity index is 506. The van der Waals surface area contributed by atoms with Crippen molar-refractivity contribution in [3.63, 3.8) is 0 Å². The minimum absolute atomic E-state index is 0.106. The molecule has 1 N–H and O–H groups in total. The lowest BCUT2D eigenvalue weighted by Gasteiger charge is -2.45. The molecule has 3 heteroatoms. The van der Waals surface area contributed by atoms with Gasteiger partial charge in [0.15, 0.2) is 0 Å². The van der Waals surface area contributed by atoms with Gasteiger partial charge in [0.05, 0.1) is 19.6 Å². The molecule has 2 saturated heterocycles. The minimum atomic E-state index is 0.106. The predicted octanol–water partition coefficient (Wildman–Crippen LogP) is 2.12. The van der Waals surface area contributed by atoms with Gasteiger partial charge in [0.25, 0.3) is 0 Å². The fourth-order valence-electron chi connectivity index (χ4n) is 5.74. The van der Waals surface area contributed by atoms with E-state index in [0.29, 0.717) is 11.3 Å². The van der Waals surface area contributed by atoms with Gasteiger partial charge in [0.2, 0.25) is 0 Å². The zero-order valence-electron chi connectivity index (χ0n) is 14.1. The van der Waals surface area contributed by atoms with E-state index in [4.69, 9.17) is 4.74 Å². The summed E-state index contributed by atoms with van der Waals surface area (Å²) in [7, 11) is 0. The fraction of sp³-hybridized carbons (Fsp3) is 0.842. The van der Waals surface area contributed by atoms with Gasteiger partial charge in [-0.05, 0) is 44.4 Å². The lowest BCUT2D eigenvalue weighted by molar-refractivity contribution is -0.890. The van der Waals surface area contributed by atoms with Gasteiger partial charge in [-0.15, -0.1) is 0 Å². The Morgan fingerprint density at radius 3 is 2.82 bits per heavy atom. The molecule has 0 radical (unpaired) electrons. The van der Waals surface area contributed by atoms with E-state index >= 15 is 0 Å². The number of rotatable bonds is 2. The number of allylic oxidation sites excluding steroid dienone is 2. The van der Waals surface area contributed by atoms with Gasteiger partial charge in [-0.25, -0.2) is 0 Å². The van der Waals surface area contributed by atoms with Crippen molar-refractivity contribution in [1.29, 1.82) is 0 Å². The second-order valence-corrected chi connectivity index (χ2v) is 8.49. The van der Waals surface area contributed by atoms with E-state index in [1.54, 1.807) is 16.0 Å². The van der Waals surface area contributed by atoms with Crippen LogP contribution in [0, 0.1) is 17.3 Å². The quantitative estimate of drug-likeness (QED) is 0.626. The zero-order chi connectivity index (χ0) is 15.3. The smallest absolute Gasteiger partial charge is 0.315 e. The largest absolute Gasteiger partial charge is 0.462 e. The van der Waals surface area contributed by atoms with Crippen LogP contribution in [0.1, 0.15) is 58.8 Å². The molecule has 0 unspecified atom stereocenters. The molecule has 3 fully saturated rings. The topological polar surface area (TPSA) is 30.7 Å². The van der Waals surface area contributed by atoms with Crippen molar-refractivity contribution in [2.75, 3.05) is 19.6 Å². The van der Waals surface area contributed by atoms with Crippen LogP contribution in [-0.2, 0) is 9.53 Å². The first kappa shape index (κ1) is 14.7. The second kappa shape index (κ2) is 5.36. The van der Waals surface area contributed by atoms with Crippen LogP contribution in [0.25, 0.3) is 0 Å². The molecule has 4 aliphatic rings. The summed E-state index contributed by atoms with van der Waals surface area (Å²) in [4.78, 5) is 14.1. The molecule has 0 aromatic carbocycles. The highest BCUT2D eigenvalue weighted by Gasteiger charge is 2.54. The Morgan fingerprint density at radius 2 is 2.05 bits per heavy atom. The summed E-state index contributed by atoms with van der Waals surface area (Å²) < 4.78 is 5.86. The van der Waals surface area contributed by atoms with Gasteiger partial charge in [-0.3, -0.25) is 4.79 Å². The van der Waals surface area contributed by atoms with Crippen molar-refractivity contribution in [3.8, 4) is 0 Å². The zero-order valence-corrected chi connectivity index (χ0v) is 14.1. The molecule has 0 amide bonds. The first-order valence-corrected chi connectivity index (χ1v) is 9.30. The molecular weight excluding hydrogens is 274 g/mol. The van der Waals surface area contributed by atoms with Gasteiger partial charge >= 0.3 is 5.97 Å². The number of quaternary nitrogens is 1. The lowest BCUT2D eigenvalue weighted by atomic mass is 9.59. The van der Waals surface area contributed by atoms with Crippen LogP contribution < -0.4 is 4.90 Å². The highest BCUT2D eigenvalue weighted by molar-refractivity contribution is 5.75. The van der Waals surface area contributed by atoms with Crippen LogP contribution in [0.4, 0.5) is 0 Å². The standard InChI is InChI=1S/C19H29NO2/c1-13-6-5-7-19(2)11-17-14(10-16(13)19)15(18(21)22-17)12-20-8-3-4-9-20/h14-15,17H,3-12H2,1-2H3/p+1/t14-,15+,17-,19-/m1/s1. The number of ether oxygens (including phenoxy) is 1. The molecule has 22 heavy (non-hydrogen) atoms. The third-order valence-electron chi connectivity index (χ3n) is 7.00. The fourth-order valence-corrected chi connectivity index (χ4v) is 5.74. The first-order valence-electron chi connectivity index (χ1n) is 9.30. The number of hydrogen-bond acceptors (Lipinski definition) is 2. The molecule has 0 aromatic rings. The van der Waals surface area contributed by atoms with Crippen LogP contribution in [0.15, 0.2) is 11.1 Å². The van der Waals surface area contributed by atoms with Gasteiger partial charge in [-0.1, -0.05) is 18.1 Å². The number of carbonyl (C=O) groups is 1. The molecule has 2 aliphatic heterocycles. The Kier molecular flexibility index (Phi) is 3.60. The van der Waals surface area contributed by atoms with Crippen LogP contribution in [0.3, 0.4) is 0 Å². The second-order valence-electron chi connectivity index (χ2n) is 8.49. The molecule has 1 saturated carbocycles. The summed E-state index contributed by atoms with van der Waals surface area (Å²) in [5.41, 5.74) is 3.60. The summed E-state index contributed by atoms with van der Waals surface area (Å²) in [5.74, 6) is 0.719. The van der Waals surface area contributed by atoms with Crippen molar-refractivity contribution in [3.05, 3.63) is 11.1 Å². The Hall–Kier alpha value is -0.830. The maximum atomic E-state index is 12.5. The van der Waals surface area contributed by atoms with E-state index in [1.807, 2.05) is 0 Å². The highest BCUT2D eigenvalue weighted by atomic mass is 16.6. The predicted molar refractivity (Wildman–Crippen MR) is 85.5 cm³/mol. The van der Waals surface area contributed by atoms with E-state index in [9.17, 15) is 4.79 Å². The molecule has 4 rings (SSSR count). The molecule has 0 spiro atoms. The molecule has 2 aliphatic carbocycles. The van der Waals surface area contributed by atoms with E-state index in [1.165, 1.54) is 45.2 Å². The average Bonchev–Trinajstić information content (AvgIpc) is 3.06. The van der Waals surface area contributed by atoms with Crippen molar-refractivity contribution in [2.45, 2.75) is 64.9 Å². The maximum Gasteiger partial charge on any atom is 0.315 e. The van der Waals surface area contributed by atoms with Crippen LogP contribution in [0.5, 0.6) is 0 Å². The first-order chi connectivity index (χ1) is 10.6. The number of carbonyl (C=O) groups excluding carboxylic acids is 1. The van der Waals surface area contributed by atoms with Gasteiger partial charge in [0, 0.05) is 18.8 Å². The number of likely N-dealkylation sites (tertiary alicyclic amines) is 1. The SMILES string of the molecule is CC1=C2C[C@@H]3[C@H](C[NH+]4CCCC4)C(=O)O[C@@H]3C[C@@]2(C)CCC1. The molecule has 0 bridgehead atoms. The number of esters is 1. The van der Waals surface area contributed by atoms with Gasteiger partial charge in [0.1, 0.15) is 12.0 Å². The summed E-state index contributed by atoms with van der Waals surface area (Å²) in [6.45, 7) is 8.25. The van der Waals surface area contributed by atoms with Gasteiger partial charge in [-0.2, -0.15) is 0 Å². The van der Waals surface area contributed by atoms with Crippen LogP contribution in [-0.4, -0.2) is 31.7 Å². The maximum absolute atomic E-state index is 12.5. The summed E-state index contributed by atoms with van der Waals surface area (Å²) >= 11 is 0. The van der Waals surface area contributed by atoms with E-state index in [0.717, 1.165) is 19.4 Å². The van der Waals surface area contributed by atoms with Crippen molar-refractivity contribution in [2.24, 2.45) is 17.3 Å². The average molecular weight is 304 g/mol. The molecule has 3 nitrogen and oxygen atoms in total. The molecular formula is C19H30NO2+. The third kappa shape index (κ3) is 2.33.